The Morgan fingerprint density at radius 3 is 1.92 bits per heavy atom. The van der Waals surface area contributed by atoms with Gasteiger partial charge in [-0.2, -0.15) is 0 Å². The highest BCUT2D eigenvalue weighted by molar-refractivity contribution is 8.18. The van der Waals surface area contributed by atoms with E-state index in [-0.39, 0.29) is 9.87 Å². The molecule has 4 heteroatoms. The summed E-state index contributed by atoms with van der Waals surface area (Å²) in [4.78, 5) is 0. The summed E-state index contributed by atoms with van der Waals surface area (Å²) in [6.45, 7) is 5.92. The summed E-state index contributed by atoms with van der Waals surface area (Å²) < 4.78 is 11.5. The van der Waals surface area contributed by atoms with Crippen molar-refractivity contribution in [3.05, 3.63) is 0 Å². The lowest BCUT2D eigenvalue weighted by molar-refractivity contribution is -0.230. The van der Waals surface area contributed by atoms with Gasteiger partial charge < -0.3 is 9.47 Å². The zero-order valence-electron chi connectivity index (χ0n) is 7.46. The molecule has 2 nitrogen and oxygen atoms in total. The highest BCUT2D eigenvalue weighted by Gasteiger charge is 2.52. The quantitative estimate of drug-likeness (QED) is 0.603. The lowest BCUT2D eigenvalue weighted by Crippen LogP contribution is -2.55. The van der Waals surface area contributed by atoms with Gasteiger partial charge in [0, 0.05) is 11.5 Å². The molecule has 2 fully saturated rings. The number of ether oxygens (including phenoxy) is 2. The van der Waals surface area contributed by atoms with Gasteiger partial charge in [-0.25, -0.2) is 0 Å². The van der Waals surface area contributed by atoms with Crippen molar-refractivity contribution in [1.29, 1.82) is 0 Å². The third-order valence-corrected chi connectivity index (χ3v) is 5.79. The van der Waals surface area contributed by atoms with Gasteiger partial charge in [-0.15, -0.1) is 23.5 Å². The van der Waals surface area contributed by atoms with Crippen molar-refractivity contribution in [2.45, 2.75) is 23.7 Å². The predicted molar refractivity (Wildman–Crippen MR) is 53.6 cm³/mol. The summed E-state index contributed by atoms with van der Waals surface area (Å²) in [6, 6.07) is 0. The van der Waals surface area contributed by atoms with E-state index < -0.39 is 0 Å². The minimum atomic E-state index is -0.362. The van der Waals surface area contributed by atoms with E-state index >= 15 is 0 Å². The van der Waals surface area contributed by atoms with Gasteiger partial charge in [0.2, 0.25) is 0 Å². The highest BCUT2D eigenvalue weighted by atomic mass is 32.2. The van der Waals surface area contributed by atoms with Gasteiger partial charge in [0.05, 0.1) is 13.2 Å². The van der Waals surface area contributed by atoms with Crippen molar-refractivity contribution < 1.29 is 9.47 Å². The molecule has 0 bridgehead atoms. The monoisotopic (exact) mass is 206 g/mol. The zero-order valence-corrected chi connectivity index (χ0v) is 9.09. The van der Waals surface area contributed by atoms with Gasteiger partial charge in [0.15, 0.2) is 5.79 Å². The third-order valence-electron chi connectivity index (χ3n) is 2.50. The molecule has 2 saturated heterocycles. The molecule has 0 unspecified atom stereocenters. The first-order chi connectivity index (χ1) is 5.66. The fourth-order valence-corrected chi connectivity index (χ4v) is 4.26. The van der Waals surface area contributed by atoms with Gasteiger partial charge in [0.1, 0.15) is 4.08 Å². The smallest absolute Gasteiger partial charge is 0.189 e. The molecule has 2 rings (SSSR count). The molecule has 0 aromatic rings. The Hall–Kier alpha value is 0.620. The van der Waals surface area contributed by atoms with Gasteiger partial charge in [-0.3, -0.25) is 0 Å². The lowest BCUT2D eigenvalue weighted by Gasteiger charge is -2.50. The Kier molecular flexibility index (Phi) is 2.36. The Balaban J connectivity index is 2.20. The van der Waals surface area contributed by atoms with Crippen molar-refractivity contribution in [2.75, 3.05) is 24.7 Å². The minimum absolute atomic E-state index is 0.101. The second-order valence-corrected chi connectivity index (χ2v) is 6.57. The van der Waals surface area contributed by atoms with Gasteiger partial charge >= 0.3 is 0 Å². The number of rotatable bonds is 0. The van der Waals surface area contributed by atoms with Gasteiger partial charge in [0.25, 0.3) is 0 Å². The van der Waals surface area contributed by atoms with E-state index in [4.69, 9.17) is 9.47 Å². The first-order valence-electron chi connectivity index (χ1n) is 4.22. The maximum atomic E-state index is 5.71. The van der Waals surface area contributed by atoms with E-state index in [1.54, 1.807) is 0 Å². The number of hydrogen-bond donors (Lipinski definition) is 0. The number of thioether (sulfide) groups is 2. The van der Waals surface area contributed by atoms with Crippen LogP contribution >= 0.6 is 23.5 Å². The SMILES string of the molecule is CC12OCCSC1(C)SCCO2. The summed E-state index contributed by atoms with van der Waals surface area (Å²) >= 11 is 3.92. The molecule has 0 amide bonds. The summed E-state index contributed by atoms with van der Waals surface area (Å²) in [5.74, 6) is 1.81. The van der Waals surface area contributed by atoms with Crippen molar-refractivity contribution >= 4 is 23.5 Å². The van der Waals surface area contributed by atoms with Crippen molar-refractivity contribution in [3.8, 4) is 0 Å². The van der Waals surface area contributed by atoms with Crippen molar-refractivity contribution in [1.82, 2.24) is 0 Å². The first-order valence-corrected chi connectivity index (χ1v) is 6.19. The van der Waals surface area contributed by atoms with Gasteiger partial charge in [-0.05, 0) is 13.8 Å². The molecule has 2 aliphatic rings. The van der Waals surface area contributed by atoms with Crippen molar-refractivity contribution in [3.63, 3.8) is 0 Å². The maximum Gasteiger partial charge on any atom is 0.189 e. The summed E-state index contributed by atoms with van der Waals surface area (Å²) in [5, 5.41) is 0. The number of fused-ring (bicyclic) bond motifs is 1. The summed E-state index contributed by atoms with van der Waals surface area (Å²) in [6.07, 6.45) is 0. The van der Waals surface area contributed by atoms with E-state index in [1.807, 2.05) is 23.5 Å². The van der Waals surface area contributed by atoms with Crippen LogP contribution in [-0.2, 0) is 9.47 Å². The van der Waals surface area contributed by atoms with E-state index in [2.05, 4.69) is 13.8 Å². The molecule has 0 aromatic carbocycles. The van der Waals surface area contributed by atoms with Crippen LogP contribution in [0.4, 0.5) is 0 Å². The Bertz CT molecular complexity index is 152. The van der Waals surface area contributed by atoms with Crippen LogP contribution in [0.1, 0.15) is 13.8 Å². The average molecular weight is 206 g/mol. The Labute approximate surface area is 81.8 Å². The fourth-order valence-electron chi connectivity index (χ4n) is 1.55. The molecule has 0 saturated carbocycles. The van der Waals surface area contributed by atoms with Crippen LogP contribution in [0.3, 0.4) is 0 Å². The third kappa shape index (κ3) is 1.29. The molecule has 0 radical (unpaired) electrons. The minimum Gasteiger partial charge on any atom is -0.347 e. The maximum absolute atomic E-state index is 5.71. The molecule has 70 valence electrons. The van der Waals surface area contributed by atoms with Crippen LogP contribution < -0.4 is 0 Å². The van der Waals surface area contributed by atoms with E-state index in [1.165, 1.54) is 0 Å². The molecule has 0 atom stereocenters. The topological polar surface area (TPSA) is 18.5 Å². The molecule has 2 aliphatic heterocycles. The molecular weight excluding hydrogens is 192 g/mol. The Morgan fingerprint density at radius 2 is 1.50 bits per heavy atom. The van der Waals surface area contributed by atoms with Crippen molar-refractivity contribution in [2.24, 2.45) is 0 Å². The molecule has 12 heavy (non-hydrogen) atoms. The molecule has 0 N–H and O–H groups in total. The molecule has 0 aliphatic carbocycles. The van der Waals surface area contributed by atoms with Crippen LogP contribution in [-0.4, -0.2) is 34.6 Å². The number of hydrogen-bond acceptors (Lipinski definition) is 4. The standard InChI is InChI=1S/C8H14O2S2/c1-7-8(2,11-5-3-9-7)12-6-4-10-7/h3-6H2,1-2H3. The zero-order chi connectivity index (χ0) is 8.66. The van der Waals surface area contributed by atoms with Gasteiger partial charge in [-0.1, -0.05) is 0 Å². The molecule has 0 spiro atoms. The fraction of sp³-hybridized carbons (Fsp3) is 1.00. The molecule has 0 aromatic heterocycles. The Morgan fingerprint density at radius 1 is 1.00 bits per heavy atom. The van der Waals surface area contributed by atoms with Crippen LogP contribution in [0, 0.1) is 0 Å². The summed E-state index contributed by atoms with van der Waals surface area (Å²) in [7, 11) is 0. The second-order valence-electron chi connectivity index (χ2n) is 3.29. The largest absolute Gasteiger partial charge is 0.347 e. The first kappa shape index (κ1) is 9.19. The van der Waals surface area contributed by atoms with Crippen LogP contribution in [0.2, 0.25) is 0 Å². The highest BCUT2D eigenvalue weighted by Crippen LogP contribution is 2.52. The lowest BCUT2D eigenvalue weighted by atomic mass is 10.2. The van der Waals surface area contributed by atoms with E-state index in [0.29, 0.717) is 0 Å². The normalized spacial score (nSPS) is 48.5. The van der Waals surface area contributed by atoms with E-state index in [9.17, 15) is 0 Å². The molecular formula is C8H14O2S2. The van der Waals surface area contributed by atoms with E-state index in [0.717, 1.165) is 24.7 Å². The summed E-state index contributed by atoms with van der Waals surface area (Å²) in [5.41, 5.74) is 0. The predicted octanol–water partition coefficient (Wildman–Crippen LogP) is 1.95. The second kappa shape index (κ2) is 3.08. The van der Waals surface area contributed by atoms with Crippen LogP contribution in [0.25, 0.3) is 0 Å². The molecule has 2 heterocycles. The average Bonchev–Trinajstić information content (AvgIpc) is 2.05. The van der Waals surface area contributed by atoms with Crippen LogP contribution in [0.5, 0.6) is 0 Å². The van der Waals surface area contributed by atoms with Crippen LogP contribution in [0.15, 0.2) is 0 Å².